The van der Waals surface area contributed by atoms with Crippen LogP contribution in [0.5, 0.6) is 11.5 Å². The summed E-state index contributed by atoms with van der Waals surface area (Å²) in [5.74, 6) is 0.000790. The molecule has 1 unspecified atom stereocenters. The van der Waals surface area contributed by atoms with Gasteiger partial charge in [-0.05, 0) is 30.7 Å². The summed E-state index contributed by atoms with van der Waals surface area (Å²) in [6.07, 6.45) is 4.55. The Kier molecular flexibility index (Phi) is 6.81. The smallest absolute Gasteiger partial charge is 0.261 e. The quantitative estimate of drug-likeness (QED) is 0.542. The van der Waals surface area contributed by atoms with Gasteiger partial charge in [-0.3, -0.25) is 23.9 Å². The van der Waals surface area contributed by atoms with E-state index in [0.717, 1.165) is 5.56 Å². The van der Waals surface area contributed by atoms with Gasteiger partial charge in [-0.15, -0.1) is 0 Å². The van der Waals surface area contributed by atoms with Crippen LogP contribution in [0.1, 0.15) is 12.5 Å². The van der Waals surface area contributed by atoms with Crippen LogP contribution in [0.4, 0.5) is 0 Å². The minimum Gasteiger partial charge on any atom is -0.493 e. The molecule has 0 saturated heterocycles. The zero-order valence-electron chi connectivity index (χ0n) is 17.4. The van der Waals surface area contributed by atoms with Gasteiger partial charge in [0.25, 0.3) is 5.56 Å². The lowest BCUT2D eigenvalue weighted by Crippen LogP contribution is -2.46. The summed E-state index contributed by atoms with van der Waals surface area (Å²) >= 11 is 0. The lowest BCUT2D eigenvalue weighted by Gasteiger charge is -2.15. The molecule has 0 radical (unpaired) electrons. The molecule has 31 heavy (non-hydrogen) atoms. The Morgan fingerprint density at radius 3 is 2.48 bits per heavy atom. The van der Waals surface area contributed by atoms with Gasteiger partial charge in [0.1, 0.15) is 12.6 Å². The molecule has 0 spiro atoms. The Morgan fingerprint density at radius 1 is 1.13 bits per heavy atom. The fraction of sp³-hybridized carbons (Fsp3) is 0.286. The molecule has 0 saturated carbocycles. The average Bonchev–Trinajstić information content (AvgIpc) is 2.79. The van der Waals surface area contributed by atoms with Crippen molar-refractivity contribution in [1.29, 1.82) is 0 Å². The maximum Gasteiger partial charge on any atom is 0.261 e. The number of benzene rings is 1. The maximum absolute atomic E-state index is 12.8. The van der Waals surface area contributed by atoms with Crippen LogP contribution in [0.25, 0.3) is 10.9 Å². The van der Waals surface area contributed by atoms with Crippen molar-refractivity contribution in [3.63, 3.8) is 0 Å². The van der Waals surface area contributed by atoms with E-state index < -0.39 is 17.5 Å². The van der Waals surface area contributed by atoms with Crippen LogP contribution in [-0.4, -0.2) is 46.6 Å². The van der Waals surface area contributed by atoms with Gasteiger partial charge in [-0.25, -0.2) is 4.98 Å². The number of nitrogens with zero attached hydrogens (tertiary/aromatic N) is 3. The number of fused-ring (bicyclic) bond motifs is 1. The summed E-state index contributed by atoms with van der Waals surface area (Å²) in [6, 6.07) is 5.91. The highest BCUT2D eigenvalue weighted by Crippen LogP contribution is 2.29. The van der Waals surface area contributed by atoms with E-state index in [-0.39, 0.29) is 17.8 Å². The largest absolute Gasteiger partial charge is 0.493 e. The van der Waals surface area contributed by atoms with Gasteiger partial charge in [0.05, 0.1) is 31.4 Å². The van der Waals surface area contributed by atoms with Crippen molar-refractivity contribution in [1.82, 2.24) is 25.2 Å². The summed E-state index contributed by atoms with van der Waals surface area (Å²) in [5.41, 5.74) is 0.904. The van der Waals surface area contributed by atoms with Crippen molar-refractivity contribution >= 4 is 22.7 Å². The van der Waals surface area contributed by atoms with Gasteiger partial charge in [0, 0.05) is 25.0 Å². The lowest BCUT2D eigenvalue weighted by atomic mass is 10.2. The molecule has 0 aliphatic rings. The fourth-order valence-corrected chi connectivity index (χ4v) is 2.95. The SMILES string of the molecule is COc1cc2ncn(CC(=O)NC(C)C(=O)NCc3ccncc3)c(=O)c2cc1OC. The number of hydrogen-bond acceptors (Lipinski definition) is 7. The number of rotatable bonds is 8. The van der Waals surface area contributed by atoms with Crippen LogP contribution >= 0.6 is 0 Å². The Hall–Kier alpha value is -3.95. The number of pyridine rings is 1. The number of methoxy groups -OCH3 is 2. The number of aromatic nitrogens is 3. The first-order valence-electron chi connectivity index (χ1n) is 9.50. The summed E-state index contributed by atoms with van der Waals surface area (Å²) in [6.45, 7) is 1.61. The molecule has 10 heteroatoms. The molecule has 1 atom stereocenters. The zero-order valence-corrected chi connectivity index (χ0v) is 17.4. The van der Waals surface area contributed by atoms with Crippen molar-refractivity contribution in [2.75, 3.05) is 14.2 Å². The van der Waals surface area contributed by atoms with E-state index in [4.69, 9.17) is 9.47 Å². The molecular formula is C21H23N5O5. The average molecular weight is 425 g/mol. The van der Waals surface area contributed by atoms with Crippen molar-refractivity contribution in [3.8, 4) is 11.5 Å². The molecule has 2 amide bonds. The van der Waals surface area contributed by atoms with Crippen molar-refractivity contribution in [2.24, 2.45) is 0 Å². The molecule has 2 aromatic heterocycles. The molecule has 3 rings (SSSR count). The molecule has 10 nitrogen and oxygen atoms in total. The van der Waals surface area contributed by atoms with Crippen LogP contribution in [0, 0.1) is 0 Å². The topological polar surface area (TPSA) is 124 Å². The molecule has 2 heterocycles. The highest BCUT2D eigenvalue weighted by Gasteiger charge is 2.17. The van der Waals surface area contributed by atoms with Crippen molar-refractivity contribution in [2.45, 2.75) is 26.1 Å². The predicted molar refractivity (Wildman–Crippen MR) is 113 cm³/mol. The molecule has 0 fully saturated rings. The number of ether oxygens (including phenoxy) is 2. The number of nitrogens with one attached hydrogen (secondary N) is 2. The Morgan fingerprint density at radius 2 is 1.81 bits per heavy atom. The van der Waals surface area contributed by atoms with Gasteiger partial charge < -0.3 is 20.1 Å². The van der Waals surface area contributed by atoms with Crippen LogP contribution < -0.4 is 25.7 Å². The number of amides is 2. The summed E-state index contributed by atoms with van der Waals surface area (Å²) in [4.78, 5) is 45.5. The molecule has 2 N–H and O–H groups in total. The third-order valence-corrected chi connectivity index (χ3v) is 4.63. The first-order valence-corrected chi connectivity index (χ1v) is 9.50. The number of hydrogen-bond donors (Lipinski definition) is 2. The van der Waals surface area contributed by atoms with Crippen LogP contribution in [-0.2, 0) is 22.7 Å². The second-order valence-corrected chi connectivity index (χ2v) is 6.76. The van der Waals surface area contributed by atoms with Crippen molar-refractivity contribution < 1.29 is 19.1 Å². The first kappa shape index (κ1) is 21.8. The molecule has 3 aromatic rings. The second kappa shape index (κ2) is 9.70. The summed E-state index contributed by atoms with van der Waals surface area (Å²) in [7, 11) is 2.96. The van der Waals surface area contributed by atoms with Crippen LogP contribution in [0.2, 0.25) is 0 Å². The predicted octanol–water partition coefficient (Wildman–Crippen LogP) is 0.630. The van der Waals surface area contributed by atoms with Gasteiger partial charge >= 0.3 is 0 Å². The number of carbonyl (C=O) groups excluding carboxylic acids is 2. The highest BCUT2D eigenvalue weighted by molar-refractivity contribution is 5.87. The fourth-order valence-electron chi connectivity index (χ4n) is 2.95. The van der Waals surface area contributed by atoms with Crippen molar-refractivity contribution in [3.05, 3.63) is 58.9 Å². The molecule has 1 aromatic carbocycles. The first-order chi connectivity index (χ1) is 14.9. The Bertz CT molecular complexity index is 1150. The van der Waals surface area contributed by atoms with E-state index >= 15 is 0 Å². The van der Waals surface area contributed by atoms with Crippen LogP contribution in [0.3, 0.4) is 0 Å². The van der Waals surface area contributed by atoms with Crippen LogP contribution in [0.15, 0.2) is 47.8 Å². The maximum atomic E-state index is 12.8. The molecule has 0 aliphatic heterocycles. The van der Waals surface area contributed by atoms with E-state index in [9.17, 15) is 14.4 Å². The molecular weight excluding hydrogens is 402 g/mol. The highest BCUT2D eigenvalue weighted by atomic mass is 16.5. The minimum absolute atomic E-state index is 0.280. The Labute approximate surface area is 178 Å². The van der Waals surface area contributed by atoms with Gasteiger partial charge in [0.15, 0.2) is 11.5 Å². The molecule has 162 valence electrons. The third kappa shape index (κ3) is 5.16. The molecule has 0 bridgehead atoms. The van der Waals surface area contributed by atoms with Gasteiger partial charge in [-0.1, -0.05) is 0 Å². The number of carbonyl (C=O) groups is 2. The summed E-state index contributed by atoms with van der Waals surface area (Å²) < 4.78 is 11.6. The summed E-state index contributed by atoms with van der Waals surface area (Å²) in [5, 5.41) is 5.61. The standard InChI is InChI=1S/C21H23N5O5/c1-13(20(28)23-10-14-4-6-22-7-5-14)25-19(27)11-26-12-24-16-9-18(31-3)17(30-2)8-15(16)21(26)29/h4-9,12-13H,10-11H2,1-3H3,(H,23,28)(H,25,27). The lowest BCUT2D eigenvalue weighted by molar-refractivity contribution is -0.129. The monoisotopic (exact) mass is 425 g/mol. The Balaban J connectivity index is 1.66. The van der Waals surface area contributed by atoms with E-state index in [2.05, 4.69) is 20.6 Å². The molecule has 0 aliphatic carbocycles. The van der Waals surface area contributed by atoms with Gasteiger partial charge in [-0.2, -0.15) is 0 Å². The zero-order chi connectivity index (χ0) is 22.4. The minimum atomic E-state index is -0.775. The van der Waals surface area contributed by atoms with E-state index in [1.54, 1.807) is 37.5 Å². The van der Waals surface area contributed by atoms with E-state index in [1.807, 2.05) is 0 Å². The second-order valence-electron chi connectivity index (χ2n) is 6.76. The van der Waals surface area contributed by atoms with Gasteiger partial charge in [0.2, 0.25) is 11.8 Å². The van der Waals surface area contributed by atoms with E-state index in [0.29, 0.717) is 23.6 Å². The van der Waals surface area contributed by atoms with E-state index in [1.165, 1.54) is 31.2 Å². The third-order valence-electron chi connectivity index (χ3n) is 4.63. The normalized spacial score (nSPS) is 11.6.